The lowest BCUT2D eigenvalue weighted by atomic mass is 10.0. The number of hydrogen-bond acceptors (Lipinski definition) is 3. The number of hydrogen-bond donors (Lipinski definition) is 0. The lowest BCUT2D eigenvalue weighted by Crippen LogP contribution is -2.08. The van der Waals surface area contributed by atoms with Crippen molar-refractivity contribution in [2.45, 2.75) is 12.8 Å². The topological polar surface area (TPSA) is 35.5 Å². The number of Topliss-reactive ketones (excluding diaryl/α,β-unsaturated/α-hetero) is 1. The summed E-state index contributed by atoms with van der Waals surface area (Å²) in [6.07, 6.45) is 0.774. The van der Waals surface area contributed by atoms with Crippen molar-refractivity contribution in [3.8, 4) is 11.5 Å². The average Bonchev–Trinajstić information content (AvgIpc) is 2.47. The van der Waals surface area contributed by atoms with Crippen molar-refractivity contribution in [2.24, 2.45) is 0 Å². The van der Waals surface area contributed by atoms with Crippen molar-refractivity contribution in [2.75, 3.05) is 14.2 Å². The van der Waals surface area contributed by atoms with E-state index in [9.17, 15) is 4.79 Å². The molecule has 3 heteroatoms. The Morgan fingerprint density at radius 2 is 1.65 bits per heavy atom. The van der Waals surface area contributed by atoms with Crippen LogP contribution in [0.5, 0.6) is 11.5 Å². The largest absolute Gasteiger partial charge is 0.493 e. The van der Waals surface area contributed by atoms with E-state index in [1.165, 1.54) is 0 Å². The first kappa shape index (κ1) is 14.1. The van der Waals surface area contributed by atoms with Gasteiger partial charge in [0.05, 0.1) is 14.2 Å². The Morgan fingerprint density at radius 3 is 2.30 bits per heavy atom. The summed E-state index contributed by atoms with van der Waals surface area (Å²) < 4.78 is 10.6. The maximum Gasteiger partial charge on any atom is 0.164 e. The molecule has 0 aliphatic heterocycles. The normalized spacial score (nSPS) is 10.1. The molecular weight excluding hydrogens is 252 g/mol. The van der Waals surface area contributed by atoms with Gasteiger partial charge in [0.2, 0.25) is 0 Å². The van der Waals surface area contributed by atoms with Crippen LogP contribution in [0.1, 0.15) is 11.1 Å². The zero-order chi connectivity index (χ0) is 14.4. The number of benzene rings is 2. The highest BCUT2D eigenvalue weighted by Crippen LogP contribution is 2.31. The van der Waals surface area contributed by atoms with Crippen LogP contribution in [0.3, 0.4) is 0 Å². The van der Waals surface area contributed by atoms with Gasteiger partial charge < -0.3 is 9.47 Å². The van der Waals surface area contributed by atoms with Crippen LogP contribution < -0.4 is 9.47 Å². The first-order valence-corrected chi connectivity index (χ1v) is 6.50. The molecule has 0 bridgehead atoms. The van der Waals surface area contributed by atoms with Gasteiger partial charge in [-0.15, -0.1) is 0 Å². The molecule has 0 saturated heterocycles. The van der Waals surface area contributed by atoms with Crippen molar-refractivity contribution >= 4 is 5.78 Å². The molecule has 2 aromatic rings. The number of ether oxygens (including phenoxy) is 2. The van der Waals surface area contributed by atoms with E-state index in [1.54, 1.807) is 14.2 Å². The molecule has 20 heavy (non-hydrogen) atoms. The summed E-state index contributed by atoms with van der Waals surface area (Å²) >= 11 is 0. The molecule has 0 amide bonds. The minimum atomic E-state index is 0.155. The number of para-hydroxylation sites is 1. The fourth-order valence-electron chi connectivity index (χ4n) is 2.19. The molecule has 0 atom stereocenters. The highest BCUT2D eigenvalue weighted by atomic mass is 16.5. The van der Waals surface area contributed by atoms with Crippen molar-refractivity contribution in [3.05, 3.63) is 59.7 Å². The SMILES string of the molecule is COc1cccc(CC(=O)Cc2ccccc2)c1OC. The molecule has 0 fully saturated rings. The third-order valence-corrected chi connectivity index (χ3v) is 3.12. The second kappa shape index (κ2) is 6.75. The van der Waals surface area contributed by atoms with E-state index in [4.69, 9.17) is 9.47 Å². The van der Waals surface area contributed by atoms with Gasteiger partial charge in [-0.05, 0) is 11.6 Å². The predicted octanol–water partition coefficient (Wildman–Crippen LogP) is 3.06. The van der Waals surface area contributed by atoms with E-state index in [0.717, 1.165) is 11.1 Å². The Kier molecular flexibility index (Phi) is 4.77. The van der Waals surface area contributed by atoms with Gasteiger partial charge in [0, 0.05) is 18.4 Å². The van der Waals surface area contributed by atoms with E-state index in [2.05, 4.69) is 0 Å². The monoisotopic (exact) mass is 270 g/mol. The summed E-state index contributed by atoms with van der Waals surface area (Å²) in [6, 6.07) is 15.3. The number of carbonyl (C=O) groups excluding carboxylic acids is 1. The van der Waals surface area contributed by atoms with Gasteiger partial charge in [0.25, 0.3) is 0 Å². The molecule has 0 spiro atoms. The molecule has 0 aromatic heterocycles. The van der Waals surface area contributed by atoms with Crippen LogP contribution >= 0.6 is 0 Å². The minimum Gasteiger partial charge on any atom is -0.493 e. The third-order valence-electron chi connectivity index (χ3n) is 3.12. The molecule has 0 aliphatic carbocycles. The minimum absolute atomic E-state index is 0.155. The summed E-state index contributed by atoms with van der Waals surface area (Å²) in [5.74, 6) is 1.44. The second-order valence-corrected chi connectivity index (χ2v) is 4.53. The first-order valence-electron chi connectivity index (χ1n) is 6.50. The molecule has 104 valence electrons. The molecule has 0 heterocycles. The highest BCUT2D eigenvalue weighted by molar-refractivity contribution is 5.84. The summed E-state index contributed by atoms with van der Waals surface area (Å²) in [5, 5.41) is 0. The van der Waals surface area contributed by atoms with Gasteiger partial charge in [0.15, 0.2) is 11.5 Å². The summed E-state index contributed by atoms with van der Waals surface area (Å²) in [4.78, 5) is 12.2. The lowest BCUT2D eigenvalue weighted by Gasteiger charge is -2.12. The fourth-order valence-corrected chi connectivity index (χ4v) is 2.19. The van der Waals surface area contributed by atoms with Crippen molar-refractivity contribution in [1.29, 1.82) is 0 Å². The van der Waals surface area contributed by atoms with Crippen LogP contribution in [0.2, 0.25) is 0 Å². The molecule has 0 N–H and O–H groups in total. The van der Waals surface area contributed by atoms with Gasteiger partial charge >= 0.3 is 0 Å². The first-order chi connectivity index (χ1) is 9.74. The Morgan fingerprint density at radius 1 is 0.900 bits per heavy atom. The number of methoxy groups -OCH3 is 2. The van der Waals surface area contributed by atoms with E-state index in [0.29, 0.717) is 24.3 Å². The number of ketones is 1. The van der Waals surface area contributed by atoms with Gasteiger partial charge in [-0.25, -0.2) is 0 Å². The smallest absolute Gasteiger partial charge is 0.164 e. The van der Waals surface area contributed by atoms with Crippen molar-refractivity contribution in [3.63, 3.8) is 0 Å². The van der Waals surface area contributed by atoms with Crippen LogP contribution in [0.15, 0.2) is 48.5 Å². The molecule has 2 aromatic carbocycles. The lowest BCUT2D eigenvalue weighted by molar-refractivity contribution is -0.117. The molecule has 3 nitrogen and oxygen atoms in total. The van der Waals surface area contributed by atoms with E-state index >= 15 is 0 Å². The van der Waals surface area contributed by atoms with E-state index in [1.807, 2.05) is 48.5 Å². The van der Waals surface area contributed by atoms with Crippen LogP contribution in [-0.2, 0) is 17.6 Å². The predicted molar refractivity (Wildman–Crippen MR) is 78.4 cm³/mol. The molecule has 0 aliphatic rings. The quantitative estimate of drug-likeness (QED) is 0.809. The zero-order valence-corrected chi connectivity index (χ0v) is 11.8. The average molecular weight is 270 g/mol. The number of rotatable bonds is 6. The Bertz CT molecular complexity index is 576. The third kappa shape index (κ3) is 3.38. The number of carbonyl (C=O) groups is 1. The highest BCUT2D eigenvalue weighted by Gasteiger charge is 2.13. The van der Waals surface area contributed by atoms with Gasteiger partial charge in [-0.3, -0.25) is 4.79 Å². The van der Waals surface area contributed by atoms with Crippen LogP contribution in [-0.4, -0.2) is 20.0 Å². The van der Waals surface area contributed by atoms with E-state index in [-0.39, 0.29) is 5.78 Å². The second-order valence-electron chi connectivity index (χ2n) is 4.53. The van der Waals surface area contributed by atoms with Gasteiger partial charge in [-0.2, -0.15) is 0 Å². The Hall–Kier alpha value is -2.29. The van der Waals surface area contributed by atoms with Crippen molar-refractivity contribution in [1.82, 2.24) is 0 Å². The fraction of sp³-hybridized carbons (Fsp3) is 0.235. The van der Waals surface area contributed by atoms with Crippen LogP contribution in [0, 0.1) is 0 Å². The van der Waals surface area contributed by atoms with Gasteiger partial charge in [0.1, 0.15) is 5.78 Å². The summed E-state index contributed by atoms with van der Waals surface area (Å²) in [6.45, 7) is 0. The Labute approximate surface area is 119 Å². The zero-order valence-electron chi connectivity index (χ0n) is 11.8. The summed E-state index contributed by atoms with van der Waals surface area (Å²) in [7, 11) is 3.18. The maximum atomic E-state index is 12.2. The standard InChI is InChI=1S/C17H18O3/c1-19-16-10-6-9-14(17(16)20-2)12-15(18)11-13-7-4-3-5-8-13/h3-10H,11-12H2,1-2H3. The van der Waals surface area contributed by atoms with Crippen LogP contribution in [0.4, 0.5) is 0 Å². The summed E-state index contributed by atoms with van der Waals surface area (Å²) in [5.41, 5.74) is 1.88. The molecule has 2 rings (SSSR count). The molecule has 0 unspecified atom stereocenters. The molecule has 0 saturated carbocycles. The van der Waals surface area contributed by atoms with E-state index < -0.39 is 0 Å². The van der Waals surface area contributed by atoms with Crippen molar-refractivity contribution < 1.29 is 14.3 Å². The Balaban J connectivity index is 2.12. The van der Waals surface area contributed by atoms with Crippen LogP contribution in [0.25, 0.3) is 0 Å². The molecule has 0 radical (unpaired) electrons. The van der Waals surface area contributed by atoms with Gasteiger partial charge in [-0.1, -0.05) is 42.5 Å². The maximum absolute atomic E-state index is 12.2. The molecular formula is C17H18O3.